The third-order valence-electron chi connectivity index (χ3n) is 4.59. The summed E-state index contributed by atoms with van der Waals surface area (Å²) < 4.78 is 0. The Bertz CT molecular complexity index is 935. The fourth-order valence-electron chi connectivity index (χ4n) is 3.04. The standard InChI is InChI=1S/C23H27ClN4/c1-17-6-12-20-21(16-17)27-22(13-9-18-7-10-19(24)11-8-18)28-23(20)26-15-5-3-2-4-14-25/h6-13,16H,2-5,14-15,25H2,1H3,(H,26,27,28). The first-order chi connectivity index (χ1) is 13.7. The molecule has 4 nitrogen and oxygen atoms in total. The maximum Gasteiger partial charge on any atom is 0.154 e. The first-order valence-corrected chi connectivity index (χ1v) is 10.2. The van der Waals surface area contributed by atoms with Gasteiger partial charge < -0.3 is 11.1 Å². The Morgan fingerprint density at radius 1 is 0.964 bits per heavy atom. The number of aromatic nitrogens is 2. The average molecular weight is 395 g/mol. The van der Waals surface area contributed by atoms with Crippen LogP contribution in [0.3, 0.4) is 0 Å². The summed E-state index contributed by atoms with van der Waals surface area (Å²) in [5.41, 5.74) is 8.76. The van der Waals surface area contributed by atoms with Gasteiger partial charge in [-0.1, -0.05) is 48.7 Å². The third-order valence-corrected chi connectivity index (χ3v) is 4.84. The van der Waals surface area contributed by atoms with Crippen LogP contribution in [0.5, 0.6) is 0 Å². The summed E-state index contributed by atoms with van der Waals surface area (Å²) in [4.78, 5) is 9.46. The van der Waals surface area contributed by atoms with Gasteiger partial charge in [0.2, 0.25) is 0 Å². The molecule has 0 amide bonds. The normalized spacial score (nSPS) is 11.4. The summed E-state index contributed by atoms with van der Waals surface area (Å²) in [5, 5.41) is 5.28. The van der Waals surface area contributed by atoms with Crippen molar-refractivity contribution >= 4 is 40.5 Å². The molecule has 28 heavy (non-hydrogen) atoms. The number of hydrogen-bond acceptors (Lipinski definition) is 4. The van der Waals surface area contributed by atoms with Crippen LogP contribution in [0.25, 0.3) is 23.1 Å². The Balaban J connectivity index is 1.79. The van der Waals surface area contributed by atoms with Crippen molar-refractivity contribution in [3.63, 3.8) is 0 Å². The first kappa shape index (κ1) is 20.3. The second kappa shape index (κ2) is 10.2. The number of anilines is 1. The van der Waals surface area contributed by atoms with Crippen LogP contribution in [0.15, 0.2) is 42.5 Å². The number of nitrogens with one attached hydrogen (secondary N) is 1. The highest BCUT2D eigenvalue weighted by Gasteiger charge is 2.06. The first-order valence-electron chi connectivity index (χ1n) is 9.82. The van der Waals surface area contributed by atoms with Crippen molar-refractivity contribution in [1.29, 1.82) is 0 Å². The van der Waals surface area contributed by atoms with Crippen LogP contribution < -0.4 is 11.1 Å². The number of aryl methyl sites for hydroxylation is 1. The molecule has 0 spiro atoms. The lowest BCUT2D eigenvalue weighted by Crippen LogP contribution is -2.06. The second-order valence-corrected chi connectivity index (χ2v) is 7.40. The number of fused-ring (bicyclic) bond motifs is 1. The van der Waals surface area contributed by atoms with Gasteiger partial charge in [-0.05, 0) is 67.8 Å². The maximum atomic E-state index is 5.95. The number of benzene rings is 2. The van der Waals surface area contributed by atoms with Gasteiger partial charge in [-0.2, -0.15) is 0 Å². The van der Waals surface area contributed by atoms with E-state index in [9.17, 15) is 0 Å². The molecule has 0 radical (unpaired) electrons. The zero-order valence-corrected chi connectivity index (χ0v) is 17.0. The highest BCUT2D eigenvalue weighted by atomic mass is 35.5. The minimum atomic E-state index is 0.693. The molecule has 0 saturated heterocycles. The van der Waals surface area contributed by atoms with Crippen molar-refractivity contribution in [3.05, 3.63) is 64.4 Å². The molecule has 1 heterocycles. The van der Waals surface area contributed by atoms with E-state index >= 15 is 0 Å². The predicted molar refractivity (Wildman–Crippen MR) is 121 cm³/mol. The minimum Gasteiger partial charge on any atom is -0.369 e. The molecule has 0 aliphatic rings. The van der Waals surface area contributed by atoms with Crippen LogP contribution in [0.1, 0.15) is 42.6 Å². The zero-order chi connectivity index (χ0) is 19.8. The van der Waals surface area contributed by atoms with E-state index in [0.717, 1.165) is 53.2 Å². The topological polar surface area (TPSA) is 63.8 Å². The van der Waals surface area contributed by atoms with E-state index in [1.165, 1.54) is 18.4 Å². The smallest absolute Gasteiger partial charge is 0.154 e. The predicted octanol–water partition coefficient (Wildman–Crippen LogP) is 5.69. The number of unbranched alkanes of at least 4 members (excludes halogenated alkanes) is 3. The van der Waals surface area contributed by atoms with Gasteiger partial charge in [0.15, 0.2) is 5.82 Å². The molecule has 3 N–H and O–H groups in total. The molecule has 3 rings (SSSR count). The SMILES string of the molecule is Cc1ccc2c(NCCCCCCN)nc(C=Cc3ccc(Cl)cc3)nc2c1. The molecule has 2 aromatic carbocycles. The molecule has 146 valence electrons. The van der Waals surface area contributed by atoms with Gasteiger partial charge in [-0.25, -0.2) is 9.97 Å². The van der Waals surface area contributed by atoms with Crippen LogP contribution in [-0.2, 0) is 0 Å². The van der Waals surface area contributed by atoms with E-state index in [1.54, 1.807) is 0 Å². The monoisotopic (exact) mass is 394 g/mol. The number of halogens is 1. The molecule has 1 aromatic heterocycles. The lowest BCUT2D eigenvalue weighted by Gasteiger charge is -2.10. The maximum absolute atomic E-state index is 5.95. The van der Waals surface area contributed by atoms with E-state index in [2.05, 4.69) is 30.4 Å². The summed E-state index contributed by atoms with van der Waals surface area (Å²) in [7, 11) is 0. The van der Waals surface area contributed by atoms with Gasteiger partial charge in [0.1, 0.15) is 5.82 Å². The largest absolute Gasteiger partial charge is 0.369 e. The Hall–Kier alpha value is -2.43. The number of nitrogens with zero attached hydrogens (tertiary/aromatic N) is 2. The van der Waals surface area contributed by atoms with E-state index in [1.807, 2.05) is 36.4 Å². The molecule has 0 aliphatic heterocycles. The molecule has 0 aliphatic carbocycles. The lowest BCUT2D eigenvalue weighted by atomic mass is 10.1. The molecule has 0 unspecified atom stereocenters. The quantitative estimate of drug-likeness (QED) is 0.457. The Labute approximate surface area is 171 Å². The van der Waals surface area contributed by atoms with Crippen molar-refractivity contribution in [2.45, 2.75) is 32.6 Å². The van der Waals surface area contributed by atoms with Crippen molar-refractivity contribution in [3.8, 4) is 0 Å². The molecule has 0 fully saturated rings. The summed E-state index contributed by atoms with van der Waals surface area (Å²) in [5.74, 6) is 1.58. The van der Waals surface area contributed by atoms with Crippen LogP contribution in [0.4, 0.5) is 5.82 Å². The van der Waals surface area contributed by atoms with Crippen molar-refractivity contribution in [2.24, 2.45) is 5.73 Å². The molecule has 0 bridgehead atoms. The van der Waals surface area contributed by atoms with Crippen LogP contribution in [0.2, 0.25) is 5.02 Å². The fourth-order valence-corrected chi connectivity index (χ4v) is 3.17. The highest BCUT2D eigenvalue weighted by Crippen LogP contribution is 2.22. The van der Waals surface area contributed by atoms with E-state index in [-0.39, 0.29) is 0 Å². The fraction of sp³-hybridized carbons (Fsp3) is 0.304. The van der Waals surface area contributed by atoms with Crippen molar-refractivity contribution in [1.82, 2.24) is 9.97 Å². The van der Waals surface area contributed by atoms with E-state index < -0.39 is 0 Å². The van der Waals surface area contributed by atoms with Crippen LogP contribution in [-0.4, -0.2) is 23.1 Å². The van der Waals surface area contributed by atoms with Crippen molar-refractivity contribution < 1.29 is 0 Å². The molecular formula is C23H27ClN4. The van der Waals surface area contributed by atoms with Gasteiger partial charge >= 0.3 is 0 Å². The van der Waals surface area contributed by atoms with E-state index in [0.29, 0.717) is 5.82 Å². The Morgan fingerprint density at radius 3 is 2.54 bits per heavy atom. The Kier molecular flexibility index (Phi) is 7.40. The second-order valence-electron chi connectivity index (χ2n) is 6.97. The summed E-state index contributed by atoms with van der Waals surface area (Å²) in [6, 6.07) is 14.0. The Morgan fingerprint density at radius 2 is 1.75 bits per heavy atom. The minimum absolute atomic E-state index is 0.693. The van der Waals surface area contributed by atoms with Crippen LogP contribution in [0, 0.1) is 6.92 Å². The molecule has 0 saturated carbocycles. The molecule has 3 aromatic rings. The molecule has 5 heteroatoms. The average Bonchev–Trinajstić information content (AvgIpc) is 2.69. The van der Waals surface area contributed by atoms with Gasteiger partial charge in [0.25, 0.3) is 0 Å². The molecular weight excluding hydrogens is 368 g/mol. The highest BCUT2D eigenvalue weighted by molar-refractivity contribution is 6.30. The summed E-state index contributed by atoms with van der Waals surface area (Å²) in [6.07, 6.45) is 8.50. The van der Waals surface area contributed by atoms with Crippen LogP contribution >= 0.6 is 11.6 Å². The van der Waals surface area contributed by atoms with Gasteiger partial charge in [0.05, 0.1) is 5.52 Å². The number of rotatable bonds is 9. The summed E-state index contributed by atoms with van der Waals surface area (Å²) in [6.45, 7) is 3.74. The van der Waals surface area contributed by atoms with Gasteiger partial charge in [0, 0.05) is 17.0 Å². The number of hydrogen-bond donors (Lipinski definition) is 2. The number of nitrogens with two attached hydrogens (primary N) is 1. The zero-order valence-electron chi connectivity index (χ0n) is 16.3. The molecule has 0 atom stereocenters. The van der Waals surface area contributed by atoms with Gasteiger partial charge in [-0.3, -0.25) is 0 Å². The van der Waals surface area contributed by atoms with Gasteiger partial charge in [-0.15, -0.1) is 0 Å². The lowest BCUT2D eigenvalue weighted by molar-refractivity contribution is 0.661. The third kappa shape index (κ3) is 5.78. The summed E-state index contributed by atoms with van der Waals surface area (Å²) >= 11 is 5.95. The van der Waals surface area contributed by atoms with Crippen molar-refractivity contribution in [2.75, 3.05) is 18.4 Å². The van der Waals surface area contributed by atoms with E-state index in [4.69, 9.17) is 27.3 Å².